The van der Waals surface area contributed by atoms with Crippen molar-refractivity contribution in [1.29, 1.82) is 0 Å². The molecule has 0 aromatic carbocycles. The summed E-state index contributed by atoms with van der Waals surface area (Å²) in [5.74, 6) is 3.03. The molecule has 2 aliphatic rings. The van der Waals surface area contributed by atoms with Crippen LogP contribution < -0.4 is 10.6 Å². The van der Waals surface area contributed by atoms with Crippen LogP contribution in [0.5, 0.6) is 0 Å². The Kier molecular flexibility index (Phi) is 5.61. The number of rotatable bonds is 5. The third kappa shape index (κ3) is 5.17. The summed E-state index contributed by atoms with van der Waals surface area (Å²) >= 11 is 0. The first-order valence-corrected chi connectivity index (χ1v) is 10.9. The molecule has 0 saturated carbocycles. The van der Waals surface area contributed by atoms with E-state index in [1.807, 2.05) is 4.68 Å². The average Bonchev–Trinajstić information content (AvgIpc) is 3.15. The van der Waals surface area contributed by atoms with Gasteiger partial charge in [0.05, 0.1) is 18.1 Å². The van der Waals surface area contributed by atoms with Gasteiger partial charge < -0.3 is 10.6 Å². The molecule has 3 heterocycles. The van der Waals surface area contributed by atoms with Crippen molar-refractivity contribution >= 4 is 15.8 Å². The van der Waals surface area contributed by atoms with E-state index in [9.17, 15) is 8.42 Å². The third-order valence-electron chi connectivity index (χ3n) is 4.65. The van der Waals surface area contributed by atoms with Gasteiger partial charge in [-0.2, -0.15) is 5.10 Å². The Labute approximate surface area is 149 Å². The molecule has 1 aromatic heterocycles. The minimum atomic E-state index is -2.84. The van der Waals surface area contributed by atoms with Crippen molar-refractivity contribution in [2.24, 2.45) is 16.8 Å². The van der Waals surface area contributed by atoms with Crippen LogP contribution in [0.2, 0.25) is 0 Å². The SMILES string of the molecule is CC(C)CN=C(NCC1CCS(=O)(=O)C1)NC1CCc2ncnn2C1. The Morgan fingerprint density at radius 2 is 2.28 bits per heavy atom. The maximum Gasteiger partial charge on any atom is 0.191 e. The summed E-state index contributed by atoms with van der Waals surface area (Å²) in [4.78, 5) is 8.91. The monoisotopic (exact) mass is 368 g/mol. The maximum absolute atomic E-state index is 11.6. The summed E-state index contributed by atoms with van der Waals surface area (Å²) in [5, 5.41) is 11.1. The molecule has 0 bridgehead atoms. The van der Waals surface area contributed by atoms with Gasteiger partial charge in [0, 0.05) is 25.6 Å². The zero-order valence-corrected chi connectivity index (χ0v) is 15.8. The Morgan fingerprint density at radius 3 is 3.00 bits per heavy atom. The number of aliphatic imine (C=N–C) groups is 1. The molecule has 3 rings (SSSR count). The zero-order chi connectivity index (χ0) is 17.9. The van der Waals surface area contributed by atoms with Crippen LogP contribution in [0.15, 0.2) is 11.3 Å². The summed E-state index contributed by atoms with van der Waals surface area (Å²) in [6.45, 7) is 6.42. The molecule has 2 N–H and O–H groups in total. The molecule has 2 atom stereocenters. The van der Waals surface area contributed by atoms with Crippen molar-refractivity contribution in [3.63, 3.8) is 0 Å². The number of guanidine groups is 1. The molecule has 0 radical (unpaired) electrons. The first-order chi connectivity index (χ1) is 11.9. The molecule has 0 amide bonds. The molecule has 0 spiro atoms. The topological polar surface area (TPSA) is 101 Å². The third-order valence-corrected chi connectivity index (χ3v) is 6.48. The Bertz CT molecular complexity index is 712. The van der Waals surface area contributed by atoms with Gasteiger partial charge in [-0.05, 0) is 24.7 Å². The van der Waals surface area contributed by atoms with Gasteiger partial charge in [0.1, 0.15) is 12.2 Å². The summed E-state index contributed by atoms with van der Waals surface area (Å²) in [7, 11) is -2.84. The van der Waals surface area contributed by atoms with Gasteiger partial charge in [0.2, 0.25) is 0 Å². The highest BCUT2D eigenvalue weighted by Gasteiger charge is 2.28. The first kappa shape index (κ1) is 18.2. The van der Waals surface area contributed by atoms with Gasteiger partial charge in [-0.25, -0.2) is 18.1 Å². The molecule has 25 heavy (non-hydrogen) atoms. The van der Waals surface area contributed by atoms with Crippen molar-refractivity contribution in [3.8, 4) is 0 Å². The lowest BCUT2D eigenvalue weighted by Gasteiger charge is -2.26. The van der Waals surface area contributed by atoms with Gasteiger partial charge in [-0.3, -0.25) is 4.99 Å². The van der Waals surface area contributed by atoms with E-state index in [0.717, 1.165) is 44.1 Å². The van der Waals surface area contributed by atoms with E-state index < -0.39 is 9.84 Å². The standard InChI is InChI=1S/C16H28N6O2S/c1-12(2)7-17-16(18-8-13-5-6-25(23,24)10-13)21-14-3-4-15-19-11-20-22(15)9-14/h11-14H,3-10H2,1-2H3,(H2,17,18,21). The van der Waals surface area contributed by atoms with Crippen LogP contribution in [0, 0.1) is 11.8 Å². The van der Waals surface area contributed by atoms with Crippen molar-refractivity contribution in [3.05, 3.63) is 12.2 Å². The summed E-state index contributed by atoms with van der Waals surface area (Å²) in [5.41, 5.74) is 0. The number of fused-ring (bicyclic) bond motifs is 1. The summed E-state index contributed by atoms with van der Waals surface area (Å²) in [6.07, 6.45) is 4.22. The number of aromatic nitrogens is 3. The first-order valence-electron chi connectivity index (χ1n) is 9.03. The van der Waals surface area contributed by atoms with Crippen molar-refractivity contribution in [2.45, 2.75) is 45.7 Å². The number of nitrogens with zero attached hydrogens (tertiary/aromatic N) is 4. The highest BCUT2D eigenvalue weighted by atomic mass is 32.2. The fraction of sp³-hybridized carbons (Fsp3) is 0.812. The van der Waals surface area contributed by atoms with Crippen LogP contribution >= 0.6 is 0 Å². The van der Waals surface area contributed by atoms with Crippen LogP contribution in [-0.2, 0) is 22.8 Å². The highest BCUT2D eigenvalue weighted by molar-refractivity contribution is 7.91. The van der Waals surface area contributed by atoms with E-state index in [1.165, 1.54) is 0 Å². The second-order valence-electron chi connectivity index (χ2n) is 7.47. The largest absolute Gasteiger partial charge is 0.356 e. The number of hydrogen-bond donors (Lipinski definition) is 2. The molecule has 9 heteroatoms. The molecule has 1 aromatic rings. The van der Waals surface area contributed by atoms with Crippen LogP contribution in [0.4, 0.5) is 0 Å². The molecule has 8 nitrogen and oxygen atoms in total. The predicted molar refractivity (Wildman–Crippen MR) is 97.2 cm³/mol. The van der Waals surface area contributed by atoms with Crippen molar-refractivity contribution in [1.82, 2.24) is 25.4 Å². The van der Waals surface area contributed by atoms with Gasteiger partial charge in [0.15, 0.2) is 15.8 Å². The molecule has 1 fully saturated rings. The quantitative estimate of drug-likeness (QED) is 0.569. The van der Waals surface area contributed by atoms with Crippen molar-refractivity contribution in [2.75, 3.05) is 24.6 Å². The zero-order valence-electron chi connectivity index (χ0n) is 15.0. The number of aryl methyl sites for hydroxylation is 1. The van der Waals surface area contributed by atoms with Gasteiger partial charge in [-0.15, -0.1) is 0 Å². The average molecular weight is 369 g/mol. The van der Waals surface area contributed by atoms with Gasteiger partial charge >= 0.3 is 0 Å². The Morgan fingerprint density at radius 1 is 1.44 bits per heavy atom. The van der Waals surface area contributed by atoms with E-state index in [2.05, 4.69) is 39.6 Å². The van der Waals surface area contributed by atoms with E-state index in [1.54, 1.807) is 6.33 Å². The fourth-order valence-corrected chi connectivity index (χ4v) is 5.11. The maximum atomic E-state index is 11.6. The molecule has 1 saturated heterocycles. The van der Waals surface area contributed by atoms with Crippen LogP contribution in [0.1, 0.15) is 32.5 Å². The van der Waals surface area contributed by atoms with Crippen LogP contribution in [0.25, 0.3) is 0 Å². The molecular weight excluding hydrogens is 340 g/mol. The molecule has 2 aliphatic heterocycles. The number of hydrogen-bond acceptors (Lipinski definition) is 5. The summed E-state index contributed by atoms with van der Waals surface area (Å²) in [6, 6.07) is 0.250. The van der Waals surface area contributed by atoms with Gasteiger partial charge in [-0.1, -0.05) is 13.8 Å². The summed E-state index contributed by atoms with van der Waals surface area (Å²) < 4.78 is 25.2. The normalized spacial score (nSPS) is 25.8. The Hall–Kier alpha value is -1.64. The number of nitrogens with one attached hydrogen (secondary N) is 2. The molecule has 2 unspecified atom stereocenters. The lowest BCUT2D eigenvalue weighted by atomic mass is 10.1. The highest BCUT2D eigenvalue weighted by Crippen LogP contribution is 2.17. The van der Waals surface area contributed by atoms with Crippen LogP contribution in [-0.4, -0.2) is 59.8 Å². The smallest absolute Gasteiger partial charge is 0.191 e. The van der Waals surface area contributed by atoms with Crippen LogP contribution in [0.3, 0.4) is 0 Å². The fourth-order valence-electron chi connectivity index (χ4n) is 3.25. The molecule has 140 valence electrons. The lowest BCUT2D eigenvalue weighted by molar-refractivity contribution is 0.391. The number of sulfone groups is 1. The van der Waals surface area contributed by atoms with Gasteiger partial charge in [0.25, 0.3) is 0 Å². The molecular formula is C16H28N6O2S. The van der Waals surface area contributed by atoms with E-state index in [0.29, 0.717) is 18.2 Å². The second kappa shape index (κ2) is 7.72. The minimum absolute atomic E-state index is 0.171. The lowest BCUT2D eigenvalue weighted by Crippen LogP contribution is -2.48. The van der Waals surface area contributed by atoms with E-state index in [4.69, 9.17) is 0 Å². The Balaban J connectivity index is 1.57. The predicted octanol–water partition coefficient (Wildman–Crippen LogP) is 0.219. The van der Waals surface area contributed by atoms with Crippen molar-refractivity contribution < 1.29 is 8.42 Å². The second-order valence-corrected chi connectivity index (χ2v) is 9.70. The van der Waals surface area contributed by atoms with E-state index >= 15 is 0 Å². The molecule has 0 aliphatic carbocycles. The van der Waals surface area contributed by atoms with E-state index in [-0.39, 0.29) is 17.7 Å². The minimum Gasteiger partial charge on any atom is -0.356 e.